The van der Waals surface area contributed by atoms with Gasteiger partial charge in [0.25, 0.3) is 0 Å². The minimum Gasteiger partial charge on any atom is -0.462 e. The number of ether oxygens (including phenoxy) is 5. The Labute approximate surface area is 244 Å². The van der Waals surface area contributed by atoms with Gasteiger partial charge in [0.05, 0.1) is 21.7 Å². The van der Waals surface area contributed by atoms with Crippen molar-refractivity contribution in [3.63, 3.8) is 0 Å². The van der Waals surface area contributed by atoms with E-state index in [0.29, 0.717) is 0 Å². The maximum atomic E-state index is 13.3. The van der Waals surface area contributed by atoms with Crippen LogP contribution >= 0.6 is 0 Å². The maximum Gasteiger partial charge on any atom is 0.471 e. The van der Waals surface area contributed by atoms with Crippen molar-refractivity contribution in [1.29, 1.82) is 0 Å². The molecular weight excluding hydrogens is 567 g/mol. The molecule has 42 heavy (non-hydrogen) atoms. The first-order valence-electron chi connectivity index (χ1n) is 13.4. The smallest absolute Gasteiger partial charge is 0.462 e. The first-order valence-corrected chi connectivity index (χ1v) is 13.4. The van der Waals surface area contributed by atoms with Crippen molar-refractivity contribution in [2.75, 3.05) is 6.61 Å². The number of esters is 4. The third kappa shape index (κ3) is 10.4. The van der Waals surface area contributed by atoms with Crippen molar-refractivity contribution >= 4 is 29.8 Å². The summed E-state index contributed by atoms with van der Waals surface area (Å²) in [7, 11) is 0. The highest BCUT2D eigenvalue weighted by Gasteiger charge is 2.56. The van der Waals surface area contributed by atoms with Crippen molar-refractivity contribution in [1.82, 2.24) is 5.32 Å². The van der Waals surface area contributed by atoms with Crippen LogP contribution in [-0.4, -0.2) is 73.2 Å². The van der Waals surface area contributed by atoms with Gasteiger partial charge < -0.3 is 29.0 Å². The highest BCUT2D eigenvalue weighted by Crippen LogP contribution is 2.34. The van der Waals surface area contributed by atoms with E-state index in [2.05, 4.69) is 0 Å². The molecule has 0 spiro atoms. The summed E-state index contributed by atoms with van der Waals surface area (Å²) < 4.78 is 67.8. The number of carbonyl (C=O) groups excluding carboxylic acids is 5. The van der Waals surface area contributed by atoms with Gasteiger partial charge in [-0.25, -0.2) is 0 Å². The van der Waals surface area contributed by atoms with E-state index in [4.69, 9.17) is 23.7 Å². The highest BCUT2D eigenvalue weighted by molar-refractivity contribution is 5.82. The molecule has 1 amide bonds. The van der Waals surface area contributed by atoms with E-state index in [0.717, 1.165) is 0 Å². The van der Waals surface area contributed by atoms with Crippen molar-refractivity contribution in [3.8, 4) is 0 Å². The van der Waals surface area contributed by atoms with Crippen molar-refractivity contribution in [2.45, 2.75) is 120 Å². The van der Waals surface area contributed by atoms with Crippen molar-refractivity contribution in [2.24, 2.45) is 21.7 Å². The number of hydrogen-bond donors (Lipinski definition) is 1. The number of hydrogen-bond acceptors (Lipinski definition) is 10. The van der Waals surface area contributed by atoms with Crippen LogP contribution in [0.2, 0.25) is 0 Å². The lowest BCUT2D eigenvalue weighted by Gasteiger charge is -2.46. The topological polar surface area (TPSA) is 144 Å². The lowest BCUT2D eigenvalue weighted by Crippen LogP contribution is -2.67. The van der Waals surface area contributed by atoms with E-state index < -0.39 is 94.9 Å². The molecule has 1 saturated heterocycles. The zero-order chi connectivity index (χ0) is 33.2. The summed E-state index contributed by atoms with van der Waals surface area (Å²) in [4.78, 5) is 63.6. The number of carbonyl (C=O) groups is 5. The molecule has 0 bridgehead atoms. The van der Waals surface area contributed by atoms with E-state index in [1.807, 2.05) is 0 Å². The molecule has 0 aromatic carbocycles. The van der Waals surface area contributed by atoms with Gasteiger partial charge in [0.15, 0.2) is 24.5 Å². The second kappa shape index (κ2) is 12.8. The molecule has 11 nitrogen and oxygen atoms in total. The van der Waals surface area contributed by atoms with E-state index in [1.54, 1.807) is 26.1 Å². The van der Waals surface area contributed by atoms with Crippen molar-refractivity contribution < 1.29 is 60.8 Å². The molecule has 242 valence electrons. The minimum atomic E-state index is -5.37. The molecule has 0 aromatic heterocycles. The van der Waals surface area contributed by atoms with Crippen LogP contribution in [0.5, 0.6) is 0 Å². The number of alkyl halides is 3. The Morgan fingerprint density at radius 1 is 0.595 bits per heavy atom. The predicted molar refractivity (Wildman–Crippen MR) is 141 cm³/mol. The van der Waals surface area contributed by atoms with E-state index in [-0.39, 0.29) is 0 Å². The van der Waals surface area contributed by atoms with Gasteiger partial charge in [0.1, 0.15) is 12.7 Å². The van der Waals surface area contributed by atoms with Crippen LogP contribution in [0.1, 0.15) is 83.1 Å². The van der Waals surface area contributed by atoms with Crippen molar-refractivity contribution in [3.05, 3.63) is 0 Å². The molecule has 5 atom stereocenters. The molecule has 1 rings (SSSR count). The Bertz CT molecular complexity index is 1030. The van der Waals surface area contributed by atoms with E-state index in [1.165, 1.54) is 62.3 Å². The Hall–Kier alpha value is -2.90. The molecule has 1 N–H and O–H groups in total. The fraction of sp³-hybridized carbons (Fsp3) is 0.821. The quantitative estimate of drug-likeness (QED) is 0.347. The van der Waals surface area contributed by atoms with Crippen LogP contribution in [0.15, 0.2) is 0 Å². The summed E-state index contributed by atoms with van der Waals surface area (Å²) in [5, 5.41) is 1.62. The largest absolute Gasteiger partial charge is 0.471 e. The molecule has 1 aliphatic rings. The van der Waals surface area contributed by atoms with Gasteiger partial charge in [-0.1, -0.05) is 0 Å². The van der Waals surface area contributed by atoms with Gasteiger partial charge in [-0.05, 0) is 83.1 Å². The fourth-order valence-corrected chi connectivity index (χ4v) is 3.06. The fourth-order valence-electron chi connectivity index (χ4n) is 3.06. The Morgan fingerprint density at radius 2 is 0.952 bits per heavy atom. The number of halogens is 3. The highest BCUT2D eigenvalue weighted by atomic mass is 19.4. The molecule has 0 saturated carbocycles. The summed E-state index contributed by atoms with van der Waals surface area (Å²) in [6.07, 6.45) is -14.4. The minimum absolute atomic E-state index is 0.680. The van der Waals surface area contributed by atoms with Gasteiger partial charge in [-0.15, -0.1) is 0 Å². The third-order valence-electron chi connectivity index (χ3n) is 5.72. The van der Waals surface area contributed by atoms with Crippen LogP contribution in [-0.2, 0) is 47.7 Å². The Balaban J connectivity index is 3.82. The second-order valence-electron chi connectivity index (χ2n) is 14.3. The molecule has 0 unspecified atom stereocenters. The van der Waals surface area contributed by atoms with Crippen LogP contribution in [0.25, 0.3) is 0 Å². The molecule has 0 aliphatic carbocycles. The zero-order valence-corrected chi connectivity index (χ0v) is 26.3. The summed E-state index contributed by atoms with van der Waals surface area (Å²) in [6.45, 7) is 17.4. The molecular formula is C28H44F3NO10. The average molecular weight is 612 g/mol. The van der Waals surface area contributed by atoms with Gasteiger partial charge in [0.2, 0.25) is 0 Å². The number of nitrogens with one attached hydrogen (secondary N) is 1. The first kappa shape index (κ1) is 37.1. The van der Waals surface area contributed by atoms with Crippen LogP contribution in [0, 0.1) is 21.7 Å². The molecule has 1 fully saturated rings. The lowest BCUT2D eigenvalue weighted by molar-refractivity contribution is -0.266. The monoisotopic (exact) mass is 611 g/mol. The number of amides is 1. The van der Waals surface area contributed by atoms with Crippen LogP contribution < -0.4 is 5.32 Å². The lowest BCUT2D eigenvalue weighted by atomic mass is 9.92. The standard InChI is InChI=1S/C28H44F3NO10/c1-24(2,3)20(34)38-13-14-15(40-21(35)25(4,5)6)16(41-22(36)26(7,8)9)17(42-23(37)27(10,11)12)18(39-14)32-19(33)28(29,30)31/h14-18H,13H2,1-12H3,(H,32,33)/t14-,15+,16+,17-,18-/m1/s1. The second-order valence-corrected chi connectivity index (χ2v) is 14.3. The zero-order valence-electron chi connectivity index (χ0n) is 26.3. The summed E-state index contributed by atoms with van der Waals surface area (Å²) in [5.74, 6) is -5.85. The predicted octanol–water partition coefficient (Wildman–Crippen LogP) is 3.85. The first-order chi connectivity index (χ1) is 18.6. The molecule has 0 radical (unpaired) electrons. The van der Waals surface area contributed by atoms with Gasteiger partial charge in [-0.3, -0.25) is 24.0 Å². The normalized spacial score (nSPS) is 23.8. The van der Waals surface area contributed by atoms with E-state index in [9.17, 15) is 37.1 Å². The Kier molecular flexibility index (Phi) is 11.3. The molecule has 14 heteroatoms. The van der Waals surface area contributed by atoms with Crippen LogP contribution in [0.3, 0.4) is 0 Å². The SMILES string of the molecule is CC(C)(C)C(=O)OC[C@H]1O[C@@H](NC(=O)C(F)(F)F)[C@H](OC(=O)C(C)(C)C)[C@@H](OC(=O)C(C)(C)C)[C@H]1OC(=O)C(C)(C)C. The number of rotatable bonds is 6. The summed E-state index contributed by atoms with van der Waals surface area (Å²) in [6, 6.07) is 0. The van der Waals surface area contributed by atoms with Gasteiger partial charge in [-0.2, -0.15) is 13.2 Å². The van der Waals surface area contributed by atoms with Gasteiger partial charge >= 0.3 is 36.0 Å². The maximum absolute atomic E-state index is 13.3. The third-order valence-corrected chi connectivity index (χ3v) is 5.72. The Morgan fingerprint density at radius 3 is 1.31 bits per heavy atom. The molecule has 1 aliphatic heterocycles. The average Bonchev–Trinajstić information content (AvgIpc) is 2.77. The van der Waals surface area contributed by atoms with Crippen LogP contribution in [0.4, 0.5) is 13.2 Å². The molecule has 1 heterocycles. The summed E-state index contributed by atoms with van der Waals surface area (Å²) >= 11 is 0. The molecule has 0 aromatic rings. The van der Waals surface area contributed by atoms with Gasteiger partial charge in [0, 0.05) is 0 Å². The van der Waals surface area contributed by atoms with E-state index >= 15 is 0 Å². The summed E-state index contributed by atoms with van der Waals surface area (Å²) in [5.41, 5.74) is -4.49.